The maximum atomic E-state index is 11.9. The fraction of sp³-hybridized carbons (Fsp3) is 0.267. The fourth-order valence-corrected chi connectivity index (χ4v) is 3.18. The van der Waals surface area contributed by atoms with Gasteiger partial charge in [-0.25, -0.2) is 4.79 Å². The van der Waals surface area contributed by atoms with E-state index in [4.69, 9.17) is 22.1 Å². The SMILES string of the molecule is CCOC(=O)c1sc(-c2ccc(C)c(Cl)c2)c(C)c1N. The van der Waals surface area contributed by atoms with Crippen molar-refractivity contribution in [3.8, 4) is 10.4 Å². The molecular weight excluding hydrogens is 294 g/mol. The molecular formula is C15H16ClNO2S. The summed E-state index contributed by atoms with van der Waals surface area (Å²) in [7, 11) is 0. The monoisotopic (exact) mass is 309 g/mol. The van der Waals surface area contributed by atoms with Gasteiger partial charge in [-0.05, 0) is 43.5 Å². The number of halogens is 1. The van der Waals surface area contributed by atoms with E-state index in [1.807, 2.05) is 32.0 Å². The molecule has 0 saturated heterocycles. The zero-order valence-electron chi connectivity index (χ0n) is 11.6. The highest BCUT2D eigenvalue weighted by Crippen LogP contribution is 2.39. The van der Waals surface area contributed by atoms with E-state index in [9.17, 15) is 4.79 Å². The number of thiophene rings is 1. The number of esters is 1. The van der Waals surface area contributed by atoms with Gasteiger partial charge in [0.05, 0.1) is 12.3 Å². The summed E-state index contributed by atoms with van der Waals surface area (Å²) >= 11 is 7.50. The van der Waals surface area contributed by atoms with Crippen LogP contribution in [-0.2, 0) is 4.74 Å². The number of ether oxygens (including phenoxy) is 1. The standard InChI is InChI=1S/C15H16ClNO2S/c1-4-19-15(18)14-12(17)9(3)13(20-14)10-6-5-8(2)11(16)7-10/h5-7H,4,17H2,1-3H3. The van der Waals surface area contributed by atoms with E-state index in [0.717, 1.165) is 21.6 Å². The highest BCUT2D eigenvalue weighted by atomic mass is 35.5. The summed E-state index contributed by atoms with van der Waals surface area (Å²) in [6, 6.07) is 5.83. The molecule has 0 aliphatic rings. The van der Waals surface area contributed by atoms with Crippen LogP contribution in [0.25, 0.3) is 10.4 Å². The van der Waals surface area contributed by atoms with Gasteiger partial charge in [0, 0.05) is 9.90 Å². The van der Waals surface area contributed by atoms with E-state index in [1.54, 1.807) is 6.92 Å². The van der Waals surface area contributed by atoms with Crippen molar-refractivity contribution in [3.05, 3.63) is 39.2 Å². The van der Waals surface area contributed by atoms with E-state index in [2.05, 4.69) is 0 Å². The number of benzene rings is 1. The lowest BCUT2D eigenvalue weighted by atomic mass is 10.1. The summed E-state index contributed by atoms with van der Waals surface area (Å²) in [5.41, 5.74) is 9.37. The Morgan fingerprint density at radius 2 is 2.10 bits per heavy atom. The second-order valence-corrected chi connectivity index (χ2v) is 5.91. The molecule has 2 aromatic rings. The van der Waals surface area contributed by atoms with Crippen molar-refractivity contribution in [3.63, 3.8) is 0 Å². The second-order valence-electron chi connectivity index (χ2n) is 4.48. The van der Waals surface area contributed by atoms with Gasteiger partial charge in [0.2, 0.25) is 0 Å². The number of hydrogen-bond acceptors (Lipinski definition) is 4. The van der Waals surface area contributed by atoms with Crippen molar-refractivity contribution in [1.82, 2.24) is 0 Å². The van der Waals surface area contributed by atoms with E-state index < -0.39 is 0 Å². The van der Waals surface area contributed by atoms with Crippen molar-refractivity contribution in [1.29, 1.82) is 0 Å². The maximum absolute atomic E-state index is 11.9. The zero-order chi connectivity index (χ0) is 14.9. The van der Waals surface area contributed by atoms with Gasteiger partial charge in [0.1, 0.15) is 4.88 Å². The molecule has 0 spiro atoms. The van der Waals surface area contributed by atoms with Gasteiger partial charge >= 0.3 is 5.97 Å². The lowest BCUT2D eigenvalue weighted by Crippen LogP contribution is -2.05. The van der Waals surface area contributed by atoms with Crippen molar-refractivity contribution in [2.24, 2.45) is 0 Å². The predicted molar refractivity (Wildman–Crippen MR) is 84.6 cm³/mol. The molecule has 0 fully saturated rings. The van der Waals surface area contributed by atoms with Crippen LogP contribution >= 0.6 is 22.9 Å². The Balaban J connectivity index is 2.50. The molecule has 1 heterocycles. The quantitative estimate of drug-likeness (QED) is 0.852. The molecule has 2 rings (SSSR count). The smallest absolute Gasteiger partial charge is 0.350 e. The number of rotatable bonds is 3. The van der Waals surface area contributed by atoms with Gasteiger partial charge in [0.25, 0.3) is 0 Å². The fourth-order valence-electron chi connectivity index (χ4n) is 1.88. The summed E-state index contributed by atoms with van der Waals surface area (Å²) in [6.45, 7) is 5.96. The highest BCUT2D eigenvalue weighted by Gasteiger charge is 2.20. The predicted octanol–water partition coefficient (Wildman–Crippen LogP) is 4.44. The molecule has 0 radical (unpaired) electrons. The molecule has 5 heteroatoms. The number of aryl methyl sites for hydroxylation is 1. The van der Waals surface area contributed by atoms with Crippen LogP contribution in [-0.4, -0.2) is 12.6 Å². The van der Waals surface area contributed by atoms with E-state index in [0.29, 0.717) is 22.2 Å². The molecule has 0 aliphatic heterocycles. The summed E-state index contributed by atoms with van der Waals surface area (Å²) < 4.78 is 5.02. The molecule has 106 valence electrons. The molecule has 0 aliphatic carbocycles. The number of anilines is 1. The third-order valence-corrected chi connectivity index (χ3v) is 4.83. The lowest BCUT2D eigenvalue weighted by Gasteiger charge is -2.03. The Labute approximate surface area is 127 Å². The van der Waals surface area contributed by atoms with Crippen LogP contribution in [0.1, 0.15) is 27.7 Å². The molecule has 0 atom stereocenters. The van der Waals surface area contributed by atoms with Crippen LogP contribution in [0, 0.1) is 13.8 Å². The maximum Gasteiger partial charge on any atom is 0.350 e. The topological polar surface area (TPSA) is 52.3 Å². The number of nitrogens with two attached hydrogens (primary N) is 1. The lowest BCUT2D eigenvalue weighted by molar-refractivity contribution is 0.0533. The average molecular weight is 310 g/mol. The molecule has 0 unspecified atom stereocenters. The van der Waals surface area contributed by atoms with Gasteiger partial charge in [-0.15, -0.1) is 11.3 Å². The Bertz CT molecular complexity index is 664. The van der Waals surface area contributed by atoms with E-state index in [-0.39, 0.29) is 5.97 Å². The van der Waals surface area contributed by atoms with Crippen LogP contribution < -0.4 is 5.73 Å². The van der Waals surface area contributed by atoms with Crippen LogP contribution in [0.2, 0.25) is 5.02 Å². The van der Waals surface area contributed by atoms with Gasteiger partial charge in [-0.1, -0.05) is 23.7 Å². The summed E-state index contributed by atoms with van der Waals surface area (Å²) in [6.07, 6.45) is 0. The summed E-state index contributed by atoms with van der Waals surface area (Å²) in [5.74, 6) is -0.373. The van der Waals surface area contributed by atoms with Crippen LogP contribution in [0.5, 0.6) is 0 Å². The Morgan fingerprint density at radius 3 is 2.70 bits per heavy atom. The van der Waals surface area contributed by atoms with Crippen LogP contribution in [0.3, 0.4) is 0 Å². The first-order chi connectivity index (χ1) is 9.45. The van der Waals surface area contributed by atoms with Crippen LogP contribution in [0.15, 0.2) is 18.2 Å². The second kappa shape index (κ2) is 5.85. The minimum atomic E-state index is -0.373. The molecule has 20 heavy (non-hydrogen) atoms. The number of carbonyl (C=O) groups is 1. The van der Waals surface area contributed by atoms with Gasteiger partial charge in [-0.3, -0.25) is 0 Å². The largest absolute Gasteiger partial charge is 0.462 e. The van der Waals surface area contributed by atoms with Crippen molar-refractivity contribution in [2.75, 3.05) is 12.3 Å². The van der Waals surface area contributed by atoms with Gasteiger partial charge in [0.15, 0.2) is 0 Å². The molecule has 0 amide bonds. The van der Waals surface area contributed by atoms with Crippen molar-refractivity contribution in [2.45, 2.75) is 20.8 Å². The average Bonchev–Trinajstić information content (AvgIpc) is 2.70. The Kier molecular flexibility index (Phi) is 4.35. The number of nitrogen functional groups attached to an aromatic ring is 1. The summed E-state index contributed by atoms with van der Waals surface area (Å²) in [4.78, 5) is 13.3. The molecule has 3 nitrogen and oxygen atoms in total. The minimum Gasteiger partial charge on any atom is -0.462 e. The van der Waals surface area contributed by atoms with E-state index in [1.165, 1.54) is 11.3 Å². The molecule has 0 saturated carbocycles. The summed E-state index contributed by atoms with van der Waals surface area (Å²) in [5, 5.41) is 0.701. The van der Waals surface area contributed by atoms with Gasteiger partial charge < -0.3 is 10.5 Å². The number of hydrogen-bond donors (Lipinski definition) is 1. The number of carbonyl (C=O) groups excluding carboxylic acids is 1. The van der Waals surface area contributed by atoms with Crippen molar-refractivity contribution >= 4 is 34.6 Å². The normalized spacial score (nSPS) is 10.6. The molecule has 0 bridgehead atoms. The first-order valence-electron chi connectivity index (χ1n) is 6.28. The zero-order valence-corrected chi connectivity index (χ0v) is 13.2. The first-order valence-corrected chi connectivity index (χ1v) is 7.47. The third kappa shape index (κ3) is 2.67. The Morgan fingerprint density at radius 1 is 1.40 bits per heavy atom. The first kappa shape index (κ1) is 14.9. The molecule has 1 aromatic heterocycles. The van der Waals surface area contributed by atoms with Crippen molar-refractivity contribution < 1.29 is 9.53 Å². The molecule has 2 N–H and O–H groups in total. The van der Waals surface area contributed by atoms with Gasteiger partial charge in [-0.2, -0.15) is 0 Å². The highest BCUT2D eigenvalue weighted by molar-refractivity contribution is 7.18. The Hall–Kier alpha value is -1.52. The van der Waals surface area contributed by atoms with E-state index >= 15 is 0 Å². The molecule has 1 aromatic carbocycles. The minimum absolute atomic E-state index is 0.334. The third-order valence-electron chi connectivity index (χ3n) is 3.09. The van der Waals surface area contributed by atoms with Crippen LogP contribution in [0.4, 0.5) is 5.69 Å².